The third-order valence-corrected chi connectivity index (χ3v) is 4.72. The van der Waals surface area contributed by atoms with Gasteiger partial charge in [0.2, 0.25) is 0 Å². The lowest BCUT2D eigenvalue weighted by Gasteiger charge is -2.11. The number of hydrogen-bond acceptors (Lipinski definition) is 4. The van der Waals surface area contributed by atoms with Crippen LogP contribution in [0.4, 0.5) is 0 Å². The van der Waals surface area contributed by atoms with Crippen LogP contribution in [0.1, 0.15) is 28.6 Å². The number of benzene rings is 1. The molecule has 2 atom stereocenters. The summed E-state index contributed by atoms with van der Waals surface area (Å²) >= 11 is 1.56. The van der Waals surface area contributed by atoms with Gasteiger partial charge in [-0.15, -0.1) is 11.3 Å². The van der Waals surface area contributed by atoms with E-state index in [4.69, 9.17) is 0 Å². The molecule has 1 aliphatic rings. The first-order chi connectivity index (χ1) is 9.15. The van der Waals surface area contributed by atoms with Gasteiger partial charge in [-0.1, -0.05) is 18.2 Å². The molecule has 1 aromatic carbocycles. The Labute approximate surface area is 116 Å². The van der Waals surface area contributed by atoms with Gasteiger partial charge in [0.15, 0.2) is 0 Å². The van der Waals surface area contributed by atoms with Crippen LogP contribution in [0.15, 0.2) is 24.3 Å². The van der Waals surface area contributed by atoms with E-state index in [0.717, 1.165) is 21.6 Å². The van der Waals surface area contributed by atoms with Gasteiger partial charge in [0, 0.05) is 10.7 Å². The molecule has 1 aliphatic heterocycles. The third kappa shape index (κ3) is 2.36. The van der Waals surface area contributed by atoms with Crippen LogP contribution in [0.3, 0.4) is 0 Å². The molecule has 1 saturated heterocycles. The highest BCUT2D eigenvalue weighted by Gasteiger charge is 2.23. The Morgan fingerprint density at radius 2 is 2.16 bits per heavy atom. The minimum absolute atomic E-state index is 0.00657. The fraction of sp³-hybridized carbons (Fsp3) is 0.357. The van der Waals surface area contributed by atoms with E-state index < -0.39 is 0 Å². The SMILES string of the molecule is Cc1c(C(=O)NC2CC(C)NN2)sc2ccccc12. The Kier molecular flexibility index (Phi) is 3.26. The molecule has 2 aromatic rings. The van der Waals surface area contributed by atoms with E-state index in [0.29, 0.717) is 6.04 Å². The van der Waals surface area contributed by atoms with E-state index in [9.17, 15) is 4.79 Å². The van der Waals surface area contributed by atoms with Gasteiger partial charge < -0.3 is 5.32 Å². The van der Waals surface area contributed by atoms with Crippen LogP contribution in [0.25, 0.3) is 10.1 Å². The monoisotopic (exact) mass is 275 g/mol. The maximum Gasteiger partial charge on any atom is 0.262 e. The first-order valence-corrected chi connectivity index (χ1v) is 7.27. The molecular weight excluding hydrogens is 258 g/mol. The van der Waals surface area contributed by atoms with Crippen LogP contribution in [0.5, 0.6) is 0 Å². The number of nitrogens with one attached hydrogen (secondary N) is 3. The summed E-state index contributed by atoms with van der Waals surface area (Å²) in [6, 6.07) is 8.52. The van der Waals surface area contributed by atoms with Crippen molar-refractivity contribution in [2.24, 2.45) is 0 Å². The maximum atomic E-state index is 12.3. The van der Waals surface area contributed by atoms with Gasteiger partial charge >= 0.3 is 0 Å². The van der Waals surface area contributed by atoms with E-state index in [2.05, 4.69) is 35.2 Å². The van der Waals surface area contributed by atoms with Crippen LogP contribution in [-0.2, 0) is 0 Å². The van der Waals surface area contributed by atoms with E-state index >= 15 is 0 Å². The highest BCUT2D eigenvalue weighted by Crippen LogP contribution is 2.30. The average Bonchev–Trinajstić information content (AvgIpc) is 2.94. The van der Waals surface area contributed by atoms with Crippen molar-refractivity contribution >= 4 is 27.3 Å². The van der Waals surface area contributed by atoms with Crippen molar-refractivity contribution in [2.45, 2.75) is 32.5 Å². The number of rotatable bonds is 2. The number of amides is 1. The number of thiophene rings is 1. The Morgan fingerprint density at radius 1 is 1.37 bits per heavy atom. The van der Waals surface area contributed by atoms with Crippen molar-refractivity contribution in [1.82, 2.24) is 16.2 Å². The molecule has 100 valence electrons. The first-order valence-electron chi connectivity index (χ1n) is 6.45. The van der Waals surface area contributed by atoms with Crippen LogP contribution in [-0.4, -0.2) is 18.1 Å². The average molecular weight is 275 g/mol. The summed E-state index contributed by atoms with van der Waals surface area (Å²) in [4.78, 5) is 13.1. The summed E-state index contributed by atoms with van der Waals surface area (Å²) in [5.74, 6) is 0.00657. The zero-order valence-corrected chi connectivity index (χ0v) is 11.8. The first kappa shape index (κ1) is 12.6. The summed E-state index contributed by atoms with van der Waals surface area (Å²) in [5, 5.41) is 4.20. The van der Waals surface area contributed by atoms with E-state index in [1.54, 1.807) is 11.3 Å². The number of hydrazine groups is 1. The number of carbonyl (C=O) groups is 1. The largest absolute Gasteiger partial charge is 0.335 e. The molecule has 0 bridgehead atoms. The molecule has 4 nitrogen and oxygen atoms in total. The molecule has 1 fully saturated rings. The fourth-order valence-electron chi connectivity index (χ4n) is 2.42. The Bertz CT molecular complexity index is 622. The second-order valence-electron chi connectivity index (χ2n) is 5.00. The van der Waals surface area contributed by atoms with Crippen molar-refractivity contribution in [2.75, 3.05) is 0 Å². The van der Waals surface area contributed by atoms with Gasteiger partial charge in [0.05, 0.1) is 11.0 Å². The fourth-order valence-corrected chi connectivity index (χ4v) is 3.54. The molecule has 0 radical (unpaired) electrons. The highest BCUT2D eigenvalue weighted by atomic mass is 32.1. The Morgan fingerprint density at radius 3 is 2.84 bits per heavy atom. The topological polar surface area (TPSA) is 53.2 Å². The normalized spacial score (nSPS) is 22.8. The lowest BCUT2D eigenvalue weighted by Crippen LogP contribution is -2.44. The van der Waals surface area contributed by atoms with E-state index in [1.807, 2.05) is 19.1 Å². The predicted molar refractivity (Wildman–Crippen MR) is 78.2 cm³/mol. The van der Waals surface area contributed by atoms with Gasteiger partial charge in [-0.25, -0.2) is 5.43 Å². The van der Waals surface area contributed by atoms with E-state index in [-0.39, 0.29) is 12.1 Å². The van der Waals surface area contributed by atoms with Crippen molar-refractivity contribution in [3.8, 4) is 0 Å². The Hall–Kier alpha value is -1.43. The molecule has 2 heterocycles. The quantitative estimate of drug-likeness (QED) is 0.787. The van der Waals surface area contributed by atoms with Crippen LogP contribution >= 0.6 is 11.3 Å². The second-order valence-corrected chi connectivity index (χ2v) is 6.06. The highest BCUT2D eigenvalue weighted by molar-refractivity contribution is 7.21. The van der Waals surface area contributed by atoms with Gasteiger partial charge in [-0.3, -0.25) is 10.2 Å². The summed E-state index contributed by atoms with van der Waals surface area (Å²) in [6.07, 6.45) is 0.905. The zero-order chi connectivity index (χ0) is 13.4. The van der Waals surface area contributed by atoms with Crippen LogP contribution in [0.2, 0.25) is 0 Å². The number of carbonyl (C=O) groups excluding carboxylic acids is 1. The van der Waals surface area contributed by atoms with Crippen LogP contribution in [0, 0.1) is 6.92 Å². The zero-order valence-electron chi connectivity index (χ0n) is 11.0. The van der Waals surface area contributed by atoms with Gasteiger partial charge in [-0.2, -0.15) is 0 Å². The minimum Gasteiger partial charge on any atom is -0.335 e. The molecule has 3 rings (SSSR count). The van der Waals surface area contributed by atoms with E-state index in [1.165, 1.54) is 5.39 Å². The summed E-state index contributed by atoms with van der Waals surface area (Å²) in [5.41, 5.74) is 7.26. The number of hydrogen-bond donors (Lipinski definition) is 3. The minimum atomic E-state index is 0.00657. The molecule has 0 aliphatic carbocycles. The van der Waals surface area contributed by atoms with Gasteiger partial charge in [-0.05, 0) is 37.3 Å². The molecule has 3 N–H and O–H groups in total. The van der Waals surface area contributed by atoms with Crippen molar-refractivity contribution in [3.63, 3.8) is 0 Å². The molecule has 1 aromatic heterocycles. The number of fused-ring (bicyclic) bond motifs is 1. The smallest absolute Gasteiger partial charge is 0.262 e. The van der Waals surface area contributed by atoms with Crippen molar-refractivity contribution < 1.29 is 4.79 Å². The van der Waals surface area contributed by atoms with Crippen molar-refractivity contribution in [3.05, 3.63) is 34.7 Å². The Balaban J connectivity index is 1.83. The molecule has 1 amide bonds. The summed E-state index contributed by atoms with van der Waals surface area (Å²) < 4.78 is 1.16. The molecule has 0 saturated carbocycles. The summed E-state index contributed by atoms with van der Waals surface area (Å²) in [6.45, 7) is 4.10. The van der Waals surface area contributed by atoms with Crippen molar-refractivity contribution in [1.29, 1.82) is 0 Å². The second kappa shape index (κ2) is 4.92. The third-order valence-electron chi connectivity index (χ3n) is 3.45. The van der Waals surface area contributed by atoms with Crippen LogP contribution < -0.4 is 16.2 Å². The lowest BCUT2D eigenvalue weighted by molar-refractivity contribution is 0.0936. The standard InChI is InChI=1S/C14H17N3OS/c1-8-7-12(17-16-8)15-14(18)13-9(2)10-5-3-4-6-11(10)19-13/h3-6,8,12,16-17H,7H2,1-2H3,(H,15,18). The van der Waals surface area contributed by atoms with Gasteiger partial charge in [0.25, 0.3) is 5.91 Å². The predicted octanol–water partition coefficient (Wildman–Crippen LogP) is 2.15. The molecule has 0 spiro atoms. The molecule has 19 heavy (non-hydrogen) atoms. The summed E-state index contributed by atoms with van der Waals surface area (Å²) in [7, 11) is 0. The molecular formula is C14H17N3OS. The molecule has 2 unspecified atom stereocenters. The lowest BCUT2D eigenvalue weighted by atomic mass is 10.1. The number of aryl methyl sites for hydroxylation is 1. The van der Waals surface area contributed by atoms with Gasteiger partial charge in [0.1, 0.15) is 0 Å². The molecule has 5 heteroatoms. The maximum absolute atomic E-state index is 12.3.